The first kappa shape index (κ1) is 16.8. The lowest BCUT2D eigenvalue weighted by Crippen LogP contribution is -2.20. The number of carbonyl (C=O) groups is 1. The Morgan fingerprint density at radius 2 is 1.96 bits per heavy atom. The van der Waals surface area contributed by atoms with Crippen LogP contribution in [0, 0.1) is 19.8 Å². The van der Waals surface area contributed by atoms with E-state index in [-0.39, 0.29) is 11.8 Å². The topological polar surface area (TPSA) is 59.8 Å². The average molecular weight is 348 g/mol. The molecule has 0 spiro atoms. The van der Waals surface area contributed by atoms with E-state index in [0.717, 1.165) is 64.9 Å². The Kier molecular flexibility index (Phi) is 4.23. The van der Waals surface area contributed by atoms with Gasteiger partial charge in [-0.25, -0.2) is 9.97 Å². The maximum absolute atomic E-state index is 12.6. The molecular formula is C21H24N4O. The second-order valence-corrected chi connectivity index (χ2v) is 7.31. The lowest BCUT2D eigenvalue weighted by molar-refractivity contribution is -0.119. The summed E-state index contributed by atoms with van der Waals surface area (Å²) in [5.74, 6) is 1.13. The second-order valence-electron chi connectivity index (χ2n) is 7.31. The Labute approximate surface area is 153 Å². The van der Waals surface area contributed by atoms with Crippen LogP contribution in [-0.4, -0.2) is 20.4 Å². The van der Waals surface area contributed by atoms with Crippen molar-refractivity contribution in [3.05, 3.63) is 41.7 Å². The summed E-state index contributed by atoms with van der Waals surface area (Å²) >= 11 is 0. The molecule has 0 aliphatic heterocycles. The molecule has 1 N–H and O–H groups in total. The fourth-order valence-electron chi connectivity index (χ4n) is 3.92. The van der Waals surface area contributed by atoms with Gasteiger partial charge in [0.05, 0.1) is 11.2 Å². The first-order valence-corrected chi connectivity index (χ1v) is 9.24. The fraction of sp³-hybridized carbons (Fsp3) is 0.381. The number of hydrogen-bond donors (Lipinski definition) is 1. The van der Waals surface area contributed by atoms with Crippen molar-refractivity contribution in [2.45, 2.75) is 39.5 Å². The summed E-state index contributed by atoms with van der Waals surface area (Å²) in [5.41, 5.74) is 4.83. The van der Waals surface area contributed by atoms with Crippen LogP contribution in [0.5, 0.6) is 0 Å². The molecule has 4 rings (SSSR count). The average Bonchev–Trinajstić information content (AvgIpc) is 3.28. The van der Waals surface area contributed by atoms with Crippen molar-refractivity contribution in [2.24, 2.45) is 13.0 Å². The molecule has 1 amide bonds. The molecule has 1 fully saturated rings. The number of carbonyl (C=O) groups excluding carboxylic acids is 1. The molecule has 5 nitrogen and oxygen atoms in total. The zero-order valence-corrected chi connectivity index (χ0v) is 15.5. The molecule has 5 heteroatoms. The van der Waals surface area contributed by atoms with E-state index in [9.17, 15) is 4.79 Å². The number of benzene rings is 1. The Hall–Kier alpha value is -2.69. The third-order valence-corrected chi connectivity index (χ3v) is 5.39. The first-order chi connectivity index (χ1) is 12.5. The maximum atomic E-state index is 12.6. The molecule has 0 unspecified atom stereocenters. The summed E-state index contributed by atoms with van der Waals surface area (Å²) in [6, 6.07) is 6.08. The summed E-state index contributed by atoms with van der Waals surface area (Å²) in [6.07, 6.45) is 8.00. The molecular weight excluding hydrogens is 324 g/mol. The van der Waals surface area contributed by atoms with Gasteiger partial charge in [0.25, 0.3) is 0 Å². The van der Waals surface area contributed by atoms with Crippen molar-refractivity contribution in [1.29, 1.82) is 0 Å². The normalized spacial score (nSPS) is 14.9. The van der Waals surface area contributed by atoms with Crippen LogP contribution in [-0.2, 0) is 11.8 Å². The van der Waals surface area contributed by atoms with Gasteiger partial charge in [-0.2, -0.15) is 0 Å². The molecule has 0 saturated heterocycles. The van der Waals surface area contributed by atoms with Crippen LogP contribution < -0.4 is 5.32 Å². The molecule has 1 aliphatic rings. The molecule has 0 radical (unpaired) electrons. The van der Waals surface area contributed by atoms with Gasteiger partial charge < -0.3 is 9.88 Å². The molecule has 0 atom stereocenters. The van der Waals surface area contributed by atoms with Crippen LogP contribution in [0.1, 0.15) is 36.8 Å². The number of nitrogens with one attached hydrogen (secondary N) is 1. The van der Waals surface area contributed by atoms with E-state index >= 15 is 0 Å². The third-order valence-electron chi connectivity index (χ3n) is 5.39. The van der Waals surface area contributed by atoms with Crippen molar-refractivity contribution in [3.63, 3.8) is 0 Å². The monoisotopic (exact) mass is 348 g/mol. The number of pyridine rings is 1. The number of hydrogen-bond acceptors (Lipinski definition) is 3. The number of imidazole rings is 1. The molecule has 3 aromatic rings. The van der Waals surface area contributed by atoms with E-state index in [1.165, 1.54) is 0 Å². The zero-order valence-electron chi connectivity index (χ0n) is 15.5. The molecule has 2 aromatic heterocycles. The van der Waals surface area contributed by atoms with Crippen molar-refractivity contribution in [3.8, 4) is 11.5 Å². The summed E-state index contributed by atoms with van der Waals surface area (Å²) in [4.78, 5) is 21.9. The van der Waals surface area contributed by atoms with E-state index < -0.39 is 0 Å². The van der Waals surface area contributed by atoms with Gasteiger partial charge >= 0.3 is 0 Å². The number of amides is 1. The second kappa shape index (κ2) is 6.56. The minimum atomic E-state index is 0.139. The fourth-order valence-corrected chi connectivity index (χ4v) is 3.92. The summed E-state index contributed by atoms with van der Waals surface area (Å²) in [5, 5.41) is 4.18. The van der Waals surface area contributed by atoms with Gasteiger partial charge in [0.1, 0.15) is 5.69 Å². The number of aryl methyl sites for hydroxylation is 3. The van der Waals surface area contributed by atoms with Gasteiger partial charge in [-0.1, -0.05) is 18.9 Å². The Balaban J connectivity index is 1.79. The van der Waals surface area contributed by atoms with Gasteiger partial charge in [0.2, 0.25) is 5.91 Å². The quantitative estimate of drug-likeness (QED) is 0.764. The van der Waals surface area contributed by atoms with Gasteiger partial charge in [-0.3, -0.25) is 4.79 Å². The van der Waals surface area contributed by atoms with Crippen LogP contribution in [0.4, 0.5) is 5.69 Å². The number of rotatable bonds is 3. The summed E-state index contributed by atoms with van der Waals surface area (Å²) in [7, 11) is 1.97. The predicted molar refractivity (Wildman–Crippen MR) is 104 cm³/mol. The standard InChI is InChI=1S/C21H24N4O/c1-13-8-9-16(24-21(26)15-6-4-5-7-15)18-14(2)12-17(23-19(13)18)20-22-10-11-25(20)3/h8-12,15H,4-7H2,1-3H3,(H,24,26). The highest BCUT2D eigenvalue weighted by Gasteiger charge is 2.23. The van der Waals surface area contributed by atoms with E-state index in [0.29, 0.717) is 0 Å². The summed E-state index contributed by atoms with van der Waals surface area (Å²) < 4.78 is 1.97. The van der Waals surface area contributed by atoms with Crippen molar-refractivity contribution in [1.82, 2.24) is 14.5 Å². The molecule has 0 bridgehead atoms. The van der Waals surface area contributed by atoms with Crippen LogP contribution in [0.3, 0.4) is 0 Å². The summed E-state index contributed by atoms with van der Waals surface area (Å²) in [6.45, 7) is 4.13. The van der Waals surface area contributed by atoms with E-state index in [4.69, 9.17) is 4.98 Å². The zero-order chi connectivity index (χ0) is 18.3. The Morgan fingerprint density at radius 3 is 2.65 bits per heavy atom. The lowest BCUT2D eigenvalue weighted by Gasteiger charge is -2.16. The first-order valence-electron chi connectivity index (χ1n) is 9.24. The smallest absolute Gasteiger partial charge is 0.227 e. The number of nitrogens with zero attached hydrogens (tertiary/aromatic N) is 3. The van der Waals surface area contributed by atoms with Crippen LogP contribution in [0.15, 0.2) is 30.6 Å². The molecule has 134 valence electrons. The van der Waals surface area contributed by atoms with E-state index in [1.807, 2.05) is 29.9 Å². The SMILES string of the molecule is Cc1ccc(NC(=O)C2CCCC2)c2c(C)cc(-c3nccn3C)nc12. The van der Waals surface area contributed by atoms with Crippen molar-refractivity contribution < 1.29 is 4.79 Å². The van der Waals surface area contributed by atoms with Gasteiger partial charge in [-0.15, -0.1) is 0 Å². The highest BCUT2D eigenvalue weighted by molar-refractivity contribution is 6.04. The van der Waals surface area contributed by atoms with Gasteiger partial charge in [0, 0.05) is 30.7 Å². The van der Waals surface area contributed by atoms with E-state index in [2.05, 4.69) is 30.2 Å². The van der Waals surface area contributed by atoms with Crippen LogP contribution in [0.25, 0.3) is 22.4 Å². The van der Waals surface area contributed by atoms with E-state index in [1.54, 1.807) is 6.20 Å². The third kappa shape index (κ3) is 2.87. The Bertz CT molecular complexity index is 983. The number of aromatic nitrogens is 3. The lowest BCUT2D eigenvalue weighted by atomic mass is 10.0. The van der Waals surface area contributed by atoms with Gasteiger partial charge in [-0.05, 0) is 49.9 Å². The van der Waals surface area contributed by atoms with Crippen molar-refractivity contribution >= 4 is 22.5 Å². The maximum Gasteiger partial charge on any atom is 0.227 e. The number of anilines is 1. The highest BCUT2D eigenvalue weighted by Crippen LogP contribution is 2.32. The molecule has 2 heterocycles. The molecule has 26 heavy (non-hydrogen) atoms. The largest absolute Gasteiger partial charge is 0.333 e. The minimum Gasteiger partial charge on any atom is -0.333 e. The highest BCUT2D eigenvalue weighted by atomic mass is 16.1. The number of fused-ring (bicyclic) bond motifs is 1. The minimum absolute atomic E-state index is 0.139. The van der Waals surface area contributed by atoms with Crippen LogP contribution >= 0.6 is 0 Å². The molecule has 1 aliphatic carbocycles. The van der Waals surface area contributed by atoms with Crippen molar-refractivity contribution in [2.75, 3.05) is 5.32 Å². The van der Waals surface area contributed by atoms with Gasteiger partial charge in [0.15, 0.2) is 5.82 Å². The molecule has 1 saturated carbocycles. The predicted octanol–water partition coefficient (Wildman–Crippen LogP) is 4.38. The Morgan fingerprint density at radius 1 is 1.19 bits per heavy atom. The van der Waals surface area contributed by atoms with Crippen LogP contribution in [0.2, 0.25) is 0 Å². The molecule has 1 aromatic carbocycles.